The van der Waals surface area contributed by atoms with Gasteiger partial charge in [0.25, 0.3) is 5.91 Å². The van der Waals surface area contributed by atoms with Crippen LogP contribution in [0.1, 0.15) is 29.8 Å². The number of pyridine rings is 1. The molecule has 1 aromatic rings. The van der Waals surface area contributed by atoms with Crippen molar-refractivity contribution in [2.24, 2.45) is 0 Å². The number of nitrogens with one attached hydrogen (secondary N) is 2. The van der Waals surface area contributed by atoms with Crippen LogP contribution in [-0.4, -0.2) is 30.1 Å². The Balaban J connectivity index is 2.74. The predicted molar refractivity (Wildman–Crippen MR) is 65.2 cm³/mol. The molecule has 0 atom stereocenters. The fourth-order valence-electron chi connectivity index (χ4n) is 1.28. The molecule has 17 heavy (non-hydrogen) atoms. The van der Waals surface area contributed by atoms with E-state index in [1.54, 1.807) is 14.0 Å². The van der Waals surface area contributed by atoms with Crippen molar-refractivity contribution in [2.75, 3.05) is 13.7 Å². The average molecular weight is 238 g/mol. The first-order valence-corrected chi connectivity index (χ1v) is 5.38. The number of methoxy groups -OCH3 is 1. The van der Waals surface area contributed by atoms with E-state index in [-0.39, 0.29) is 11.5 Å². The highest BCUT2D eigenvalue weighted by Gasteiger charge is 2.18. The summed E-state index contributed by atoms with van der Waals surface area (Å²) in [5, 5.41) is 2.76. The normalized spacial score (nSPS) is 11.3. The van der Waals surface area contributed by atoms with Gasteiger partial charge in [-0.1, -0.05) is 0 Å². The van der Waals surface area contributed by atoms with E-state index in [0.717, 1.165) is 0 Å². The number of H-pyrrole nitrogens is 1. The smallest absolute Gasteiger partial charge is 0.253 e. The molecule has 0 aliphatic carbocycles. The maximum atomic E-state index is 11.9. The Labute approximate surface area is 100 Å². The van der Waals surface area contributed by atoms with Crippen molar-refractivity contribution in [2.45, 2.75) is 26.4 Å². The first-order chi connectivity index (χ1) is 7.85. The van der Waals surface area contributed by atoms with Crippen molar-refractivity contribution in [1.29, 1.82) is 0 Å². The molecule has 0 aromatic carbocycles. The summed E-state index contributed by atoms with van der Waals surface area (Å²) in [5.74, 6) is -0.219. The molecule has 0 bridgehead atoms. The third-order valence-corrected chi connectivity index (χ3v) is 2.60. The Bertz CT molecular complexity index is 463. The van der Waals surface area contributed by atoms with Crippen molar-refractivity contribution in [3.05, 3.63) is 33.7 Å². The number of hydrogen-bond acceptors (Lipinski definition) is 3. The molecular weight excluding hydrogens is 220 g/mol. The topological polar surface area (TPSA) is 71.2 Å². The standard InChI is InChI=1S/C12H18N2O3/c1-8-5-10(15)13-6-9(8)11(16)14-7-12(2,3)17-4/h5-6H,7H2,1-4H3,(H,13,15)(H,14,16). The molecule has 1 amide bonds. The molecule has 1 rings (SSSR count). The molecular formula is C12H18N2O3. The minimum absolute atomic E-state index is 0.212. The van der Waals surface area contributed by atoms with Gasteiger partial charge < -0.3 is 15.0 Å². The summed E-state index contributed by atoms with van der Waals surface area (Å²) in [4.78, 5) is 25.4. The molecule has 0 radical (unpaired) electrons. The zero-order valence-corrected chi connectivity index (χ0v) is 10.6. The van der Waals surface area contributed by atoms with Gasteiger partial charge in [-0.2, -0.15) is 0 Å². The molecule has 1 heterocycles. The number of carbonyl (C=O) groups excluding carboxylic acids is 1. The highest BCUT2D eigenvalue weighted by atomic mass is 16.5. The monoisotopic (exact) mass is 238 g/mol. The Kier molecular flexibility index (Phi) is 4.07. The molecule has 5 heteroatoms. The van der Waals surface area contributed by atoms with Crippen molar-refractivity contribution < 1.29 is 9.53 Å². The number of carbonyl (C=O) groups is 1. The molecule has 2 N–H and O–H groups in total. The second-order valence-corrected chi connectivity index (χ2v) is 4.54. The molecule has 94 valence electrons. The van der Waals surface area contributed by atoms with E-state index in [4.69, 9.17) is 4.74 Å². The number of hydrogen-bond donors (Lipinski definition) is 2. The second-order valence-electron chi connectivity index (χ2n) is 4.54. The average Bonchev–Trinajstić information content (AvgIpc) is 2.26. The first-order valence-electron chi connectivity index (χ1n) is 5.38. The fraction of sp³-hybridized carbons (Fsp3) is 0.500. The van der Waals surface area contributed by atoms with Gasteiger partial charge in [0.15, 0.2) is 0 Å². The minimum Gasteiger partial charge on any atom is -0.377 e. The van der Waals surface area contributed by atoms with Crippen LogP contribution < -0.4 is 10.9 Å². The van der Waals surface area contributed by atoms with E-state index >= 15 is 0 Å². The van der Waals surface area contributed by atoms with Gasteiger partial charge in [0.05, 0.1) is 11.2 Å². The lowest BCUT2D eigenvalue weighted by Crippen LogP contribution is -2.40. The first kappa shape index (κ1) is 13.4. The molecule has 0 saturated heterocycles. The summed E-state index contributed by atoms with van der Waals surface area (Å²) in [6, 6.07) is 1.40. The molecule has 0 spiro atoms. The summed E-state index contributed by atoms with van der Waals surface area (Å²) >= 11 is 0. The Morgan fingerprint density at radius 1 is 1.53 bits per heavy atom. The van der Waals surface area contributed by atoms with Crippen LogP contribution in [0.15, 0.2) is 17.1 Å². The number of ether oxygens (including phenoxy) is 1. The highest BCUT2D eigenvalue weighted by Crippen LogP contribution is 2.07. The summed E-state index contributed by atoms with van der Waals surface area (Å²) in [5.41, 5.74) is 0.500. The summed E-state index contributed by atoms with van der Waals surface area (Å²) < 4.78 is 5.20. The van der Waals surface area contributed by atoms with Crippen LogP contribution in [0.5, 0.6) is 0 Å². The van der Waals surface area contributed by atoms with E-state index in [1.807, 2.05) is 13.8 Å². The SMILES string of the molecule is COC(C)(C)CNC(=O)c1c[nH]c(=O)cc1C. The van der Waals surface area contributed by atoms with E-state index in [9.17, 15) is 9.59 Å². The molecule has 0 unspecified atom stereocenters. The highest BCUT2D eigenvalue weighted by molar-refractivity contribution is 5.95. The van der Waals surface area contributed by atoms with Gasteiger partial charge in [0.1, 0.15) is 0 Å². The van der Waals surface area contributed by atoms with Gasteiger partial charge in [-0.15, -0.1) is 0 Å². The summed E-state index contributed by atoms with van der Waals surface area (Å²) in [7, 11) is 1.59. The molecule has 0 aliphatic rings. The molecule has 0 saturated carbocycles. The van der Waals surface area contributed by atoms with Crippen LogP contribution in [0.3, 0.4) is 0 Å². The Morgan fingerprint density at radius 3 is 2.71 bits per heavy atom. The maximum Gasteiger partial charge on any atom is 0.253 e. The van der Waals surface area contributed by atoms with Gasteiger partial charge in [0.2, 0.25) is 5.56 Å². The van der Waals surface area contributed by atoms with Gasteiger partial charge in [-0.05, 0) is 26.3 Å². The van der Waals surface area contributed by atoms with Gasteiger partial charge in [0, 0.05) is 25.9 Å². The molecule has 1 aromatic heterocycles. The quantitative estimate of drug-likeness (QED) is 0.816. The van der Waals surface area contributed by atoms with Crippen molar-refractivity contribution >= 4 is 5.91 Å². The second kappa shape index (κ2) is 5.14. The lowest BCUT2D eigenvalue weighted by molar-refractivity contribution is 0.0228. The van der Waals surface area contributed by atoms with Crippen LogP contribution >= 0.6 is 0 Å². The van der Waals surface area contributed by atoms with Crippen LogP contribution in [0.4, 0.5) is 0 Å². The van der Waals surface area contributed by atoms with Crippen LogP contribution in [0.25, 0.3) is 0 Å². The fourth-order valence-corrected chi connectivity index (χ4v) is 1.28. The van der Waals surface area contributed by atoms with Gasteiger partial charge in [-0.3, -0.25) is 9.59 Å². The van der Waals surface area contributed by atoms with Crippen LogP contribution in [0, 0.1) is 6.92 Å². The molecule has 0 fully saturated rings. The third-order valence-electron chi connectivity index (χ3n) is 2.60. The largest absolute Gasteiger partial charge is 0.377 e. The summed E-state index contributed by atoms with van der Waals surface area (Å²) in [6.07, 6.45) is 1.42. The van der Waals surface area contributed by atoms with Gasteiger partial charge >= 0.3 is 0 Å². The maximum absolute atomic E-state index is 11.9. The zero-order chi connectivity index (χ0) is 13.1. The number of aromatic amines is 1. The van der Waals surface area contributed by atoms with Crippen molar-refractivity contribution in [3.8, 4) is 0 Å². The number of amides is 1. The number of aromatic nitrogens is 1. The zero-order valence-electron chi connectivity index (χ0n) is 10.6. The predicted octanol–water partition coefficient (Wildman–Crippen LogP) is 0.838. The molecule has 0 aliphatic heterocycles. The Morgan fingerprint density at radius 2 is 2.18 bits per heavy atom. The number of aryl methyl sites for hydroxylation is 1. The van der Waals surface area contributed by atoms with Crippen LogP contribution in [-0.2, 0) is 4.74 Å². The number of rotatable bonds is 4. The third kappa shape index (κ3) is 3.71. The lowest BCUT2D eigenvalue weighted by atomic mass is 10.1. The Hall–Kier alpha value is -1.62. The molecule has 5 nitrogen and oxygen atoms in total. The van der Waals surface area contributed by atoms with Gasteiger partial charge in [-0.25, -0.2) is 0 Å². The minimum atomic E-state index is -0.411. The van der Waals surface area contributed by atoms with Crippen LogP contribution in [0.2, 0.25) is 0 Å². The van der Waals surface area contributed by atoms with E-state index in [2.05, 4.69) is 10.3 Å². The van der Waals surface area contributed by atoms with E-state index in [0.29, 0.717) is 17.7 Å². The summed E-state index contributed by atoms with van der Waals surface area (Å²) in [6.45, 7) is 5.90. The van der Waals surface area contributed by atoms with E-state index < -0.39 is 5.60 Å². The van der Waals surface area contributed by atoms with Crippen molar-refractivity contribution in [1.82, 2.24) is 10.3 Å². The lowest BCUT2D eigenvalue weighted by Gasteiger charge is -2.23. The van der Waals surface area contributed by atoms with Crippen molar-refractivity contribution in [3.63, 3.8) is 0 Å². The van der Waals surface area contributed by atoms with E-state index in [1.165, 1.54) is 12.3 Å².